The van der Waals surface area contributed by atoms with Crippen LogP contribution in [-0.4, -0.2) is 49.5 Å². The molecule has 7 heteroatoms. The van der Waals surface area contributed by atoms with Crippen LogP contribution in [0, 0.1) is 13.8 Å². The standard InChI is InChI=1S/C22H25N5O2/c1-15-4-7-19(20(12-15)27-24-10-11-25-27)22(28)26-14-18(6-5-17(26)3)29-21-13-16(2)8-9-23-21/h4,7-13,17-18H,5-6,14H2,1-3H3/t17-,18-/m1/s1. The second-order valence-electron chi connectivity index (χ2n) is 7.63. The zero-order valence-electron chi connectivity index (χ0n) is 16.9. The predicted octanol–water partition coefficient (Wildman–Crippen LogP) is 3.35. The Hall–Kier alpha value is -3.22. The maximum Gasteiger partial charge on any atom is 0.256 e. The first-order valence-corrected chi connectivity index (χ1v) is 9.89. The normalized spacial score (nSPS) is 19.2. The molecule has 2 aromatic heterocycles. The number of piperidine rings is 1. The van der Waals surface area contributed by atoms with Crippen LogP contribution in [0.25, 0.3) is 5.69 Å². The Morgan fingerprint density at radius 2 is 1.79 bits per heavy atom. The zero-order valence-corrected chi connectivity index (χ0v) is 16.9. The summed E-state index contributed by atoms with van der Waals surface area (Å²) in [5.41, 5.74) is 3.43. The van der Waals surface area contributed by atoms with Gasteiger partial charge in [-0.2, -0.15) is 15.0 Å². The number of carbonyl (C=O) groups excluding carboxylic acids is 1. The summed E-state index contributed by atoms with van der Waals surface area (Å²) < 4.78 is 6.09. The molecule has 2 atom stereocenters. The van der Waals surface area contributed by atoms with Crippen LogP contribution in [0.5, 0.6) is 5.88 Å². The van der Waals surface area contributed by atoms with E-state index in [1.807, 2.05) is 49.1 Å². The van der Waals surface area contributed by atoms with Crippen molar-refractivity contribution in [1.82, 2.24) is 24.9 Å². The second-order valence-corrected chi connectivity index (χ2v) is 7.63. The van der Waals surface area contributed by atoms with E-state index in [-0.39, 0.29) is 18.1 Å². The molecule has 4 rings (SSSR count). The minimum atomic E-state index is -0.0822. The molecule has 1 saturated heterocycles. The van der Waals surface area contributed by atoms with Crippen LogP contribution >= 0.6 is 0 Å². The Bertz CT molecular complexity index is 1000. The van der Waals surface area contributed by atoms with Crippen molar-refractivity contribution in [1.29, 1.82) is 0 Å². The third kappa shape index (κ3) is 4.13. The van der Waals surface area contributed by atoms with Crippen LogP contribution in [0.4, 0.5) is 0 Å². The van der Waals surface area contributed by atoms with Gasteiger partial charge in [-0.1, -0.05) is 6.07 Å². The van der Waals surface area contributed by atoms with Crippen LogP contribution in [-0.2, 0) is 0 Å². The van der Waals surface area contributed by atoms with E-state index in [1.165, 1.54) is 4.80 Å². The van der Waals surface area contributed by atoms with E-state index in [0.717, 1.165) is 24.0 Å². The van der Waals surface area contributed by atoms with E-state index < -0.39 is 0 Å². The van der Waals surface area contributed by atoms with Crippen molar-refractivity contribution in [2.75, 3.05) is 6.54 Å². The van der Waals surface area contributed by atoms with Crippen molar-refractivity contribution >= 4 is 5.91 Å². The minimum Gasteiger partial charge on any atom is -0.472 e. The lowest BCUT2D eigenvalue weighted by Crippen LogP contribution is -2.49. The number of carbonyl (C=O) groups is 1. The van der Waals surface area contributed by atoms with Crippen molar-refractivity contribution in [2.24, 2.45) is 0 Å². The molecule has 3 heterocycles. The van der Waals surface area contributed by atoms with Gasteiger partial charge in [0, 0.05) is 18.3 Å². The number of likely N-dealkylation sites (tertiary alicyclic amines) is 1. The molecular weight excluding hydrogens is 366 g/mol. The van der Waals surface area contributed by atoms with Crippen molar-refractivity contribution in [3.05, 3.63) is 65.6 Å². The molecular formula is C22H25N5O2. The number of ether oxygens (including phenoxy) is 1. The molecule has 1 amide bonds. The summed E-state index contributed by atoms with van der Waals surface area (Å²) in [4.78, 5) is 21.2. The monoisotopic (exact) mass is 391 g/mol. The first-order chi connectivity index (χ1) is 14.0. The molecule has 29 heavy (non-hydrogen) atoms. The van der Waals surface area contributed by atoms with E-state index in [0.29, 0.717) is 23.7 Å². The minimum absolute atomic E-state index is 0.0321. The largest absolute Gasteiger partial charge is 0.472 e. The summed E-state index contributed by atoms with van der Waals surface area (Å²) in [6.07, 6.45) is 6.65. The van der Waals surface area contributed by atoms with Crippen LogP contribution in [0.2, 0.25) is 0 Å². The molecule has 0 bridgehead atoms. The summed E-state index contributed by atoms with van der Waals surface area (Å²) in [7, 11) is 0. The number of rotatable bonds is 4. The van der Waals surface area contributed by atoms with Crippen molar-refractivity contribution < 1.29 is 9.53 Å². The van der Waals surface area contributed by atoms with Gasteiger partial charge in [0.15, 0.2) is 0 Å². The Morgan fingerprint density at radius 1 is 1.03 bits per heavy atom. The number of aryl methyl sites for hydroxylation is 2. The van der Waals surface area contributed by atoms with Gasteiger partial charge in [0.1, 0.15) is 6.10 Å². The number of hydrogen-bond acceptors (Lipinski definition) is 5. The van der Waals surface area contributed by atoms with E-state index in [9.17, 15) is 4.79 Å². The lowest BCUT2D eigenvalue weighted by Gasteiger charge is -2.38. The van der Waals surface area contributed by atoms with Crippen molar-refractivity contribution in [3.8, 4) is 11.6 Å². The van der Waals surface area contributed by atoms with Gasteiger partial charge >= 0.3 is 0 Å². The van der Waals surface area contributed by atoms with Gasteiger partial charge in [-0.3, -0.25) is 4.79 Å². The Balaban J connectivity index is 1.58. The van der Waals surface area contributed by atoms with Gasteiger partial charge in [0.2, 0.25) is 5.88 Å². The smallest absolute Gasteiger partial charge is 0.256 e. The topological polar surface area (TPSA) is 73.1 Å². The van der Waals surface area contributed by atoms with E-state index >= 15 is 0 Å². The molecule has 3 aromatic rings. The fourth-order valence-corrected chi connectivity index (χ4v) is 3.68. The van der Waals surface area contributed by atoms with Crippen LogP contribution in [0.15, 0.2) is 48.9 Å². The van der Waals surface area contributed by atoms with Crippen LogP contribution in [0.3, 0.4) is 0 Å². The van der Waals surface area contributed by atoms with Gasteiger partial charge in [-0.15, -0.1) is 0 Å². The zero-order chi connectivity index (χ0) is 20.4. The molecule has 1 aliphatic rings. The fraction of sp³-hybridized carbons (Fsp3) is 0.364. The molecule has 0 saturated carbocycles. The third-order valence-corrected chi connectivity index (χ3v) is 5.30. The lowest BCUT2D eigenvalue weighted by molar-refractivity contribution is 0.0372. The lowest BCUT2D eigenvalue weighted by atomic mass is 9.99. The molecule has 0 N–H and O–H groups in total. The van der Waals surface area contributed by atoms with E-state index in [2.05, 4.69) is 22.1 Å². The van der Waals surface area contributed by atoms with Gasteiger partial charge in [0.05, 0.1) is 30.2 Å². The highest BCUT2D eigenvalue weighted by Gasteiger charge is 2.32. The highest BCUT2D eigenvalue weighted by atomic mass is 16.5. The highest BCUT2D eigenvalue weighted by molar-refractivity contribution is 5.98. The van der Waals surface area contributed by atoms with Gasteiger partial charge in [0.25, 0.3) is 5.91 Å². The molecule has 0 unspecified atom stereocenters. The van der Waals surface area contributed by atoms with Crippen molar-refractivity contribution in [2.45, 2.75) is 45.8 Å². The molecule has 7 nitrogen and oxygen atoms in total. The number of pyridine rings is 1. The highest BCUT2D eigenvalue weighted by Crippen LogP contribution is 2.25. The fourth-order valence-electron chi connectivity index (χ4n) is 3.68. The molecule has 0 aliphatic carbocycles. The maximum atomic E-state index is 13.5. The molecule has 1 aromatic carbocycles. The summed E-state index contributed by atoms with van der Waals surface area (Å²) in [5, 5.41) is 8.43. The Kier molecular flexibility index (Phi) is 5.29. The number of benzene rings is 1. The summed E-state index contributed by atoms with van der Waals surface area (Å²) in [5.74, 6) is 0.573. The van der Waals surface area contributed by atoms with Crippen LogP contribution < -0.4 is 4.74 Å². The molecule has 0 spiro atoms. The summed E-state index contributed by atoms with van der Waals surface area (Å²) in [6.45, 7) is 6.60. The van der Waals surface area contributed by atoms with E-state index in [4.69, 9.17) is 4.74 Å². The quantitative estimate of drug-likeness (QED) is 0.682. The Labute approximate surface area is 170 Å². The number of hydrogen-bond donors (Lipinski definition) is 0. The average molecular weight is 391 g/mol. The first-order valence-electron chi connectivity index (χ1n) is 9.89. The van der Waals surface area contributed by atoms with Crippen LogP contribution in [0.1, 0.15) is 41.3 Å². The molecule has 150 valence electrons. The summed E-state index contributed by atoms with van der Waals surface area (Å²) >= 11 is 0. The van der Waals surface area contributed by atoms with Gasteiger partial charge in [-0.25, -0.2) is 4.98 Å². The molecule has 1 fully saturated rings. The predicted molar refractivity (Wildman–Crippen MR) is 109 cm³/mol. The first kappa shape index (κ1) is 19.1. The number of amides is 1. The summed E-state index contributed by atoms with van der Waals surface area (Å²) in [6, 6.07) is 9.73. The number of nitrogens with zero attached hydrogens (tertiary/aromatic N) is 5. The molecule has 1 aliphatic heterocycles. The average Bonchev–Trinajstić information content (AvgIpc) is 3.24. The second kappa shape index (κ2) is 8.03. The maximum absolute atomic E-state index is 13.5. The van der Waals surface area contributed by atoms with Crippen molar-refractivity contribution in [3.63, 3.8) is 0 Å². The van der Waals surface area contributed by atoms with Gasteiger partial charge in [-0.05, 0) is 62.9 Å². The van der Waals surface area contributed by atoms with Gasteiger partial charge < -0.3 is 9.64 Å². The van der Waals surface area contributed by atoms with E-state index in [1.54, 1.807) is 18.6 Å². The SMILES string of the molecule is Cc1ccnc(O[C@@H]2CC[C@@H](C)N(C(=O)c3ccc(C)cc3-n3nccn3)C2)c1. The Morgan fingerprint density at radius 3 is 2.55 bits per heavy atom. The number of aromatic nitrogens is 4. The molecule has 0 radical (unpaired) electrons. The third-order valence-electron chi connectivity index (χ3n) is 5.30.